The van der Waals surface area contributed by atoms with Gasteiger partial charge >= 0.3 is 0 Å². The summed E-state index contributed by atoms with van der Waals surface area (Å²) in [5.74, 6) is 0.923. The van der Waals surface area contributed by atoms with Gasteiger partial charge in [-0.25, -0.2) is 0 Å². The second kappa shape index (κ2) is 3.57. The first-order chi connectivity index (χ1) is 5.29. The third-order valence-electron chi connectivity index (χ3n) is 1.74. The number of oxime groups is 1. The second-order valence-corrected chi connectivity index (χ2v) is 2.48. The molecule has 0 bridgehead atoms. The zero-order valence-electron chi connectivity index (χ0n) is 6.95. The summed E-state index contributed by atoms with van der Waals surface area (Å²) in [4.78, 5) is 6.98. The normalized spacial score (nSPS) is 23.4. The lowest BCUT2D eigenvalue weighted by molar-refractivity contribution is 0.0194. The summed E-state index contributed by atoms with van der Waals surface area (Å²) < 4.78 is 0. The van der Waals surface area contributed by atoms with Gasteiger partial charge in [-0.2, -0.15) is 0 Å². The predicted octanol–water partition coefficient (Wildman–Crippen LogP) is 0.380. The Labute approximate surface area is 66.4 Å². The molecule has 4 heteroatoms. The van der Waals surface area contributed by atoms with E-state index in [1.165, 1.54) is 0 Å². The number of amidine groups is 1. The van der Waals surface area contributed by atoms with Crippen molar-refractivity contribution in [3.05, 3.63) is 0 Å². The number of hydrogen-bond acceptors (Lipinski definition) is 4. The molecule has 1 N–H and O–H groups in total. The van der Waals surface area contributed by atoms with E-state index in [1.807, 2.05) is 18.7 Å². The van der Waals surface area contributed by atoms with Gasteiger partial charge in [-0.05, 0) is 6.92 Å². The van der Waals surface area contributed by atoms with Gasteiger partial charge in [-0.1, -0.05) is 12.1 Å². The van der Waals surface area contributed by atoms with Gasteiger partial charge < -0.3 is 14.8 Å². The van der Waals surface area contributed by atoms with Crippen LogP contribution in [-0.2, 0) is 4.84 Å². The van der Waals surface area contributed by atoms with Gasteiger partial charge in [0.25, 0.3) is 0 Å². The monoisotopic (exact) mass is 158 g/mol. The molecule has 0 saturated heterocycles. The van der Waals surface area contributed by atoms with Crippen LogP contribution in [0.1, 0.15) is 20.3 Å². The van der Waals surface area contributed by atoms with Crippen molar-refractivity contribution in [3.8, 4) is 0 Å². The van der Waals surface area contributed by atoms with Gasteiger partial charge in [0.05, 0.1) is 6.61 Å². The second-order valence-electron chi connectivity index (χ2n) is 2.48. The van der Waals surface area contributed by atoms with Gasteiger partial charge in [0.2, 0.25) is 0 Å². The Hall–Kier alpha value is -0.770. The highest BCUT2D eigenvalue weighted by molar-refractivity contribution is 5.82. The first-order valence-electron chi connectivity index (χ1n) is 3.89. The molecule has 0 radical (unpaired) electrons. The summed E-state index contributed by atoms with van der Waals surface area (Å²) in [7, 11) is 0. The van der Waals surface area contributed by atoms with E-state index in [-0.39, 0.29) is 12.8 Å². The van der Waals surface area contributed by atoms with Crippen LogP contribution >= 0.6 is 0 Å². The Kier molecular flexibility index (Phi) is 2.70. The molecule has 1 unspecified atom stereocenters. The highest BCUT2D eigenvalue weighted by atomic mass is 16.7. The third kappa shape index (κ3) is 1.63. The first-order valence-corrected chi connectivity index (χ1v) is 3.89. The van der Waals surface area contributed by atoms with E-state index >= 15 is 0 Å². The maximum atomic E-state index is 8.71. The number of aliphatic hydroxyl groups excluding tert-OH is 1. The highest BCUT2D eigenvalue weighted by Crippen LogP contribution is 2.12. The molecule has 0 amide bonds. The van der Waals surface area contributed by atoms with Crippen LogP contribution in [-0.4, -0.2) is 35.2 Å². The van der Waals surface area contributed by atoms with Crippen LogP contribution in [0.4, 0.5) is 0 Å². The van der Waals surface area contributed by atoms with E-state index in [0.717, 1.165) is 12.3 Å². The lowest BCUT2D eigenvalue weighted by Crippen LogP contribution is -2.35. The third-order valence-corrected chi connectivity index (χ3v) is 1.74. The molecule has 0 fully saturated rings. The Morgan fingerprint density at radius 1 is 1.73 bits per heavy atom. The summed E-state index contributed by atoms with van der Waals surface area (Å²) in [6.07, 6.45) is 0.835. The van der Waals surface area contributed by atoms with E-state index in [2.05, 4.69) is 5.16 Å². The van der Waals surface area contributed by atoms with Gasteiger partial charge in [-0.3, -0.25) is 0 Å². The van der Waals surface area contributed by atoms with Crippen LogP contribution in [0, 0.1) is 0 Å². The fourth-order valence-corrected chi connectivity index (χ4v) is 1.14. The van der Waals surface area contributed by atoms with Crippen molar-refractivity contribution in [3.63, 3.8) is 0 Å². The molecule has 11 heavy (non-hydrogen) atoms. The highest BCUT2D eigenvalue weighted by Gasteiger charge is 2.23. The number of β-amino-alcohol motifs (C(OH)–C–C–N with tert-alkyl or cyclic N) is 1. The minimum absolute atomic E-state index is 0.0166. The first kappa shape index (κ1) is 8.33. The molecular formula is C7H14N2O2. The average molecular weight is 158 g/mol. The van der Waals surface area contributed by atoms with Crippen LogP contribution in [0.3, 0.4) is 0 Å². The van der Waals surface area contributed by atoms with Gasteiger partial charge in [0, 0.05) is 13.0 Å². The maximum Gasteiger partial charge on any atom is 0.198 e. The molecule has 0 aliphatic carbocycles. The van der Waals surface area contributed by atoms with E-state index in [9.17, 15) is 0 Å². The molecular weight excluding hydrogens is 144 g/mol. The molecule has 1 aliphatic heterocycles. The topological polar surface area (TPSA) is 45.1 Å². The van der Waals surface area contributed by atoms with Crippen molar-refractivity contribution < 1.29 is 9.94 Å². The van der Waals surface area contributed by atoms with Crippen molar-refractivity contribution in [2.75, 3.05) is 13.2 Å². The summed E-state index contributed by atoms with van der Waals surface area (Å²) in [5, 5.41) is 12.6. The number of nitrogens with zero attached hydrogens (tertiary/aromatic N) is 2. The van der Waals surface area contributed by atoms with E-state index in [0.29, 0.717) is 6.54 Å². The van der Waals surface area contributed by atoms with Gasteiger partial charge in [-0.15, -0.1) is 0 Å². The molecule has 64 valence electrons. The molecule has 0 spiro atoms. The SMILES string of the molecule is CCC1=NOC(C)N1CCO. The number of aliphatic hydroxyl groups is 1. The predicted molar refractivity (Wildman–Crippen MR) is 42.1 cm³/mol. The average Bonchev–Trinajstić information content (AvgIpc) is 2.34. The molecule has 1 aliphatic rings. The standard InChI is InChI=1S/C7H14N2O2/c1-3-7-8-11-6(2)9(7)4-5-10/h6,10H,3-5H2,1-2H3. The van der Waals surface area contributed by atoms with E-state index in [1.54, 1.807) is 0 Å². The quantitative estimate of drug-likeness (QED) is 0.645. The zero-order valence-corrected chi connectivity index (χ0v) is 6.95. The lowest BCUT2D eigenvalue weighted by atomic mass is 10.3. The molecule has 0 aromatic heterocycles. The smallest absolute Gasteiger partial charge is 0.198 e. The van der Waals surface area contributed by atoms with Crippen LogP contribution in [0.15, 0.2) is 5.16 Å². The van der Waals surface area contributed by atoms with Gasteiger partial charge in [0.15, 0.2) is 6.23 Å². The largest absolute Gasteiger partial charge is 0.395 e. The van der Waals surface area contributed by atoms with Crippen molar-refractivity contribution in [2.24, 2.45) is 5.16 Å². The molecule has 0 aromatic rings. The number of hydrogen-bond donors (Lipinski definition) is 1. The Morgan fingerprint density at radius 3 is 3.00 bits per heavy atom. The zero-order chi connectivity index (χ0) is 8.27. The van der Waals surface area contributed by atoms with Crippen LogP contribution in [0.25, 0.3) is 0 Å². The Bertz CT molecular complexity index is 159. The minimum Gasteiger partial charge on any atom is -0.395 e. The molecule has 0 aromatic carbocycles. The number of rotatable bonds is 3. The Morgan fingerprint density at radius 2 is 2.45 bits per heavy atom. The Balaban J connectivity index is 2.51. The van der Waals surface area contributed by atoms with Crippen molar-refractivity contribution in [1.29, 1.82) is 0 Å². The molecule has 0 saturated carbocycles. The van der Waals surface area contributed by atoms with E-state index < -0.39 is 0 Å². The van der Waals surface area contributed by atoms with Gasteiger partial charge in [0.1, 0.15) is 5.84 Å². The van der Waals surface area contributed by atoms with Crippen LogP contribution in [0.5, 0.6) is 0 Å². The maximum absolute atomic E-state index is 8.71. The fourth-order valence-electron chi connectivity index (χ4n) is 1.14. The molecule has 1 atom stereocenters. The van der Waals surface area contributed by atoms with Crippen LogP contribution < -0.4 is 0 Å². The lowest BCUT2D eigenvalue weighted by Gasteiger charge is -2.20. The molecule has 1 heterocycles. The molecule has 4 nitrogen and oxygen atoms in total. The van der Waals surface area contributed by atoms with Crippen molar-refractivity contribution in [2.45, 2.75) is 26.5 Å². The summed E-state index contributed by atoms with van der Waals surface area (Å²) >= 11 is 0. The fraction of sp³-hybridized carbons (Fsp3) is 0.857. The van der Waals surface area contributed by atoms with Crippen LogP contribution in [0.2, 0.25) is 0 Å². The molecule has 1 rings (SSSR count). The van der Waals surface area contributed by atoms with E-state index in [4.69, 9.17) is 9.94 Å². The summed E-state index contributed by atoms with van der Waals surface area (Å²) in [6, 6.07) is 0. The summed E-state index contributed by atoms with van der Waals surface area (Å²) in [5.41, 5.74) is 0. The summed E-state index contributed by atoms with van der Waals surface area (Å²) in [6.45, 7) is 4.69. The van der Waals surface area contributed by atoms with Crippen molar-refractivity contribution >= 4 is 5.84 Å². The minimum atomic E-state index is -0.0166. The van der Waals surface area contributed by atoms with Crippen molar-refractivity contribution in [1.82, 2.24) is 4.90 Å².